The Hall–Kier alpha value is -3.97. The molecule has 0 spiro atoms. The molecule has 0 saturated heterocycles. The van der Waals surface area contributed by atoms with Gasteiger partial charge in [0, 0.05) is 16.1 Å². The minimum Gasteiger partial charge on any atom is -0.490 e. The number of rotatable bonds is 13. The van der Waals surface area contributed by atoms with E-state index < -0.39 is 0 Å². The molecule has 188 valence electrons. The molecule has 0 aliphatic rings. The van der Waals surface area contributed by atoms with Crippen LogP contribution in [0.15, 0.2) is 78.4 Å². The predicted octanol–water partition coefficient (Wildman–Crippen LogP) is 6.05. The normalized spacial score (nSPS) is 10.6. The quantitative estimate of drug-likeness (QED) is 0.173. The van der Waals surface area contributed by atoms with Crippen molar-refractivity contribution < 1.29 is 23.7 Å². The molecule has 0 bridgehead atoms. The van der Waals surface area contributed by atoms with Gasteiger partial charge in [-0.3, -0.25) is 4.79 Å². The summed E-state index contributed by atoms with van der Waals surface area (Å²) in [5, 5.41) is 4.72. The first kappa shape index (κ1) is 26.6. The number of ether oxygens (including phenoxy) is 4. The summed E-state index contributed by atoms with van der Waals surface area (Å²) >= 11 is 6.22. The number of amides is 1. The van der Waals surface area contributed by atoms with E-state index in [-0.39, 0.29) is 5.91 Å². The zero-order valence-electron chi connectivity index (χ0n) is 20.3. The van der Waals surface area contributed by atoms with Gasteiger partial charge in [-0.1, -0.05) is 42.5 Å². The largest absolute Gasteiger partial charge is 0.490 e. The Labute approximate surface area is 216 Å². The maximum Gasteiger partial charge on any atom is 0.271 e. The fraction of sp³-hybridized carbons (Fsp3) is 0.214. The third-order valence-electron chi connectivity index (χ3n) is 4.85. The molecule has 3 aromatic rings. The molecule has 0 fully saturated rings. The van der Waals surface area contributed by atoms with Crippen molar-refractivity contribution in [1.82, 2.24) is 5.43 Å². The second-order valence-corrected chi connectivity index (χ2v) is 7.82. The Balaban J connectivity index is 1.66. The van der Waals surface area contributed by atoms with E-state index in [4.69, 9.17) is 30.5 Å². The molecule has 0 aliphatic carbocycles. The Kier molecular flexibility index (Phi) is 10.2. The number of hydrogen-bond acceptors (Lipinski definition) is 6. The van der Waals surface area contributed by atoms with Crippen molar-refractivity contribution >= 4 is 23.7 Å². The van der Waals surface area contributed by atoms with Crippen LogP contribution in [0.25, 0.3) is 0 Å². The van der Waals surface area contributed by atoms with E-state index >= 15 is 0 Å². The molecule has 36 heavy (non-hydrogen) atoms. The molecular weight excluding hydrogens is 480 g/mol. The maximum absolute atomic E-state index is 12.6. The molecule has 3 aromatic carbocycles. The van der Waals surface area contributed by atoms with E-state index in [2.05, 4.69) is 17.1 Å². The minimum atomic E-state index is -0.382. The van der Waals surface area contributed by atoms with Gasteiger partial charge in [-0.2, -0.15) is 5.10 Å². The van der Waals surface area contributed by atoms with Gasteiger partial charge in [-0.15, -0.1) is 0 Å². The zero-order valence-corrected chi connectivity index (χ0v) is 21.1. The SMILES string of the molecule is C=CCOc1ccc(C(=O)N/N=C/c2ccc(OCc3ccccc3Cl)c(OCC)c2)cc1OCC. The molecule has 1 amide bonds. The van der Waals surface area contributed by atoms with E-state index in [9.17, 15) is 4.79 Å². The number of hydrogen-bond donors (Lipinski definition) is 1. The average Bonchev–Trinajstić information content (AvgIpc) is 2.88. The summed E-state index contributed by atoms with van der Waals surface area (Å²) in [6.07, 6.45) is 3.17. The van der Waals surface area contributed by atoms with Crippen molar-refractivity contribution in [2.75, 3.05) is 19.8 Å². The highest BCUT2D eigenvalue weighted by Gasteiger charge is 2.12. The highest BCUT2D eigenvalue weighted by molar-refractivity contribution is 6.31. The first-order valence-electron chi connectivity index (χ1n) is 11.5. The van der Waals surface area contributed by atoms with Crippen LogP contribution in [0, 0.1) is 0 Å². The van der Waals surface area contributed by atoms with Crippen LogP contribution >= 0.6 is 11.6 Å². The number of carbonyl (C=O) groups is 1. The van der Waals surface area contributed by atoms with Gasteiger partial charge in [0.2, 0.25) is 0 Å². The van der Waals surface area contributed by atoms with Gasteiger partial charge in [0.1, 0.15) is 13.2 Å². The molecule has 0 atom stereocenters. The van der Waals surface area contributed by atoms with Crippen LogP contribution < -0.4 is 24.4 Å². The molecule has 1 N–H and O–H groups in total. The van der Waals surface area contributed by atoms with Gasteiger partial charge in [0.05, 0.1) is 19.4 Å². The molecule has 3 rings (SSSR count). The number of nitrogens with one attached hydrogen (secondary N) is 1. The van der Waals surface area contributed by atoms with Crippen LogP contribution in [0.5, 0.6) is 23.0 Å². The lowest BCUT2D eigenvalue weighted by Crippen LogP contribution is -2.17. The summed E-state index contributed by atoms with van der Waals surface area (Å²) in [7, 11) is 0. The molecule has 0 heterocycles. The van der Waals surface area contributed by atoms with E-state index in [1.54, 1.807) is 36.4 Å². The van der Waals surface area contributed by atoms with Gasteiger partial charge in [0.15, 0.2) is 23.0 Å². The highest BCUT2D eigenvalue weighted by Crippen LogP contribution is 2.30. The van der Waals surface area contributed by atoms with Crippen LogP contribution in [-0.2, 0) is 6.61 Å². The number of halogens is 1. The Morgan fingerprint density at radius 1 is 0.917 bits per heavy atom. The summed E-state index contributed by atoms with van der Waals surface area (Å²) < 4.78 is 22.8. The zero-order chi connectivity index (χ0) is 25.8. The van der Waals surface area contributed by atoms with E-state index in [0.717, 1.165) is 11.1 Å². The van der Waals surface area contributed by atoms with Crippen molar-refractivity contribution in [1.29, 1.82) is 0 Å². The topological polar surface area (TPSA) is 78.4 Å². The third kappa shape index (κ3) is 7.52. The van der Waals surface area contributed by atoms with E-state index in [0.29, 0.717) is 60.0 Å². The van der Waals surface area contributed by atoms with Gasteiger partial charge in [0.25, 0.3) is 5.91 Å². The van der Waals surface area contributed by atoms with Crippen molar-refractivity contribution in [3.05, 3.63) is 95.0 Å². The molecule has 0 unspecified atom stereocenters. The summed E-state index contributed by atoms with van der Waals surface area (Å²) in [6, 6.07) is 17.9. The van der Waals surface area contributed by atoms with Crippen molar-refractivity contribution in [3.8, 4) is 23.0 Å². The maximum atomic E-state index is 12.6. The second kappa shape index (κ2) is 13.8. The monoisotopic (exact) mass is 508 g/mol. The van der Waals surface area contributed by atoms with Gasteiger partial charge >= 0.3 is 0 Å². The number of benzene rings is 3. The standard InChI is InChI=1S/C28H29ClN2O5/c1-4-15-35-24-14-12-21(17-27(24)34-6-3)28(32)31-30-18-20-11-13-25(26(16-20)33-5-2)36-19-22-9-7-8-10-23(22)29/h4,7-14,16-18H,1,5-6,15,19H2,2-3H3,(H,31,32)/b30-18+. The summed E-state index contributed by atoms with van der Waals surface area (Å²) in [6.45, 7) is 8.94. The molecule has 0 radical (unpaired) electrons. The van der Waals surface area contributed by atoms with Gasteiger partial charge in [-0.05, 0) is 61.9 Å². The summed E-state index contributed by atoms with van der Waals surface area (Å²) in [5.74, 6) is 1.78. The van der Waals surface area contributed by atoms with Crippen LogP contribution in [0.3, 0.4) is 0 Å². The number of nitrogens with zero attached hydrogens (tertiary/aromatic N) is 1. The fourth-order valence-corrected chi connectivity index (χ4v) is 3.37. The van der Waals surface area contributed by atoms with Crippen LogP contribution in [-0.4, -0.2) is 31.9 Å². The van der Waals surface area contributed by atoms with Crippen LogP contribution in [0.4, 0.5) is 0 Å². The van der Waals surface area contributed by atoms with Gasteiger partial charge < -0.3 is 18.9 Å². The number of carbonyl (C=O) groups excluding carboxylic acids is 1. The average molecular weight is 509 g/mol. The van der Waals surface area contributed by atoms with Gasteiger partial charge in [-0.25, -0.2) is 5.43 Å². The lowest BCUT2D eigenvalue weighted by Gasteiger charge is -2.13. The summed E-state index contributed by atoms with van der Waals surface area (Å²) in [5.41, 5.74) is 4.52. The Morgan fingerprint density at radius 2 is 1.61 bits per heavy atom. The first-order valence-corrected chi connectivity index (χ1v) is 11.9. The fourth-order valence-electron chi connectivity index (χ4n) is 3.18. The Bertz CT molecular complexity index is 1210. The molecule has 8 heteroatoms. The highest BCUT2D eigenvalue weighted by atomic mass is 35.5. The Morgan fingerprint density at radius 3 is 2.33 bits per heavy atom. The molecule has 0 saturated carbocycles. The van der Waals surface area contributed by atoms with E-state index in [1.807, 2.05) is 44.2 Å². The molecule has 0 aliphatic heterocycles. The minimum absolute atomic E-state index is 0.310. The van der Waals surface area contributed by atoms with Crippen molar-refractivity contribution in [2.24, 2.45) is 5.10 Å². The third-order valence-corrected chi connectivity index (χ3v) is 5.22. The smallest absolute Gasteiger partial charge is 0.271 e. The number of hydrazone groups is 1. The van der Waals surface area contributed by atoms with Crippen LogP contribution in [0.2, 0.25) is 5.02 Å². The molecule has 7 nitrogen and oxygen atoms in total. The van der Waals surface area contributed by atoms with Crippen molar-refractivity contribution in [3.63, 3.8) is 0 Å². The first-order chi connectivity index (χ1) is 17.5. The molecule has 0 aromatic heterocycles. The lowest BCUT2D eigenvalue weighted by molar-refractivity contribution is 0.0954. The predicted molar refractivity (Wildman–Crippen MR) is 142 cm³/mol. The summed E-state index contributed by atoms with van der Waals surface area (Å²) in [4.78, 5) is 12.6. The lowest BCUT2D eigenvalue weighted by atomic mass is 10.2. The van der Waals surface area contributed by atoms with Crippen molar-refractivity contribution in [2.45, 2.75) is 20.5 Å². The van der Waals surface area contributed by atoms with Crippen LogP contribution in [0.1, 0.15) is 35.3 Å². The molecular formula is C28H29ClN2O5. The second-order valence-electron chi connectivity index (χ2n) is 7.41. The van der Waals surface area contributed by atoms with E-state index in [1.165, 1.54) is 6.21 Å².